The summed E-state index contributed by atoms with van der Waals surface area (Å²) in [6.07, 6.45) is 1.41. The normalized spacial score (nSPS) is 11.4. The summed E-state index contributed by atoms with van der Waals surface area (Å²) < 4.78 is 39.7. The van der Waals surface area contributed by atoms with Gasteiger partial charge in [0.25, 0.3) is 15.9 Å². The first-order valence-electron chi connectivity index (χ1n) is 13.1. The first-order valence-corrected chi connectivity index (χ1v) is 15.6. The standard InChI is InChI=1S/C31H28Cl3N3O5S/c1-3-41-30-14-22(9-12-29(30)42-20-23-5-4-6-24(32)13-23)18-35-36-31(38)19-37(27-16-25(33)15-26(34)17-27)43(39,40)28-10-7-21(2)8-11-28/h4-18H,3,19-20H2,1-2H3,(H,36,38)/b35-18+. The third-order valence-corrected chi connectivity index (χ3v) is 8.44. The van der Waals surface area contributed by atoms with Gasteiger partial charge in [0, 0.05) is 15.1 Å². The molecule has 0 bridgehead atoms. The topological polar surface area (TPSA) is 97.3 Å². The molecule has 0 fully saturated rings. The largest absolute Gasteiger partial charge is 0.490 e. The van der Waals surface area contributed by atoms with Crippen molar-refractivity contribution in [3.05, 3.63) is 117 Å². The Morgan fingerprint density at radius 3 is 2.28 bits per heavy atom. The number of hydrogen-bond acceptors (Lipinski definition) is 6. The fraction of sp³-hybridized carbons (Fsp3) is 0.161. The lowest BCUT2D eigenvalue weighted by Gasteiger charge is -2.24. The van der Waals surface area contributed by atoms with Crippen molar-refractivity contribution in [3.8, 4) is 11.5 Å². The van der Waals surface area contributed by atoms with Gasteiger partial charge in [0.15, 0.2) is 11.5 Å². The zero-order valence-corrected chi connectivity index (χ0v) is 26.3. The maximum atomic E-state index is 13.6. The Kier molecular flexibility index (Phi) is 10.9. The quantitative estimate of drug-likeness (QED) is 0.127. The van der Waals surface area contributed by atoms with Crippen LogP contribution in [0.5, 0.6) is 11.5 Å². The maximum absolute atomic E-state index is 13.6. The molecule has 0 spiro atoms. The number of benzene rings is 4. The van der Waals surface area contributed by atoms with Gasteiger partial charge in [-0.25, -0.2) is 13.8 Å². The summed E-state index contributed by atoms with van der Waals surface area (Å²) in [5.41, 5.74) is 4.92. The van der Waals surface area contributed by atoms with Gasteiger partial charge in [0.2, 0.25) is 0 Å². The first kappa shape index (κ1) is 32.2. The molecule has 0 aliphatic heterocycles. The summed E-state index contributed by atoms with van der Waals surface area (Å²) in [5, 5.41) is 5.07. The van der Waals surface area contributed by atoms with E-state index in [0.29, 0.717) is 35.3 Å². The van der Waals surface area contributed by atoms with E-state index in [0.717, 1.165) is 15.4 Å². The van der Waals surface area contributed by atoms with Crippen molar-refractivity contribution in [1.29, 1.82) is 0 Å². The Hall–Kier alpha value is -3.76. The van der Waals surface area contributed by atoms with Crippen LogP contribution in [0.3, 0.4) is 0 Å². The lowest BCUT2D eigenvalue weighted by molar-refractivity contribution is -0.119. The van der Waals surface area contributed by atoms with Crippen LogP contribution >= 0.6 is 34.8 Å². The minimum Gasteiger partial charge on any atom is -0.490 e. The molecule has 4 aromatic rings. The molecule has 0 aromatic heterocycles. The number of amides is 1. The number of aryl methyl sites for hydroxylation is 1. The van der Waals surface area contributed by atoms with Gasteiger partial charge in [-0.05, 0) is 85.6 Å². The van der Waals surface area contributed by atoms with E-state index in [2.05, 4.69) is 10.5 Å². The van der Waals surface area contributed by atoms with E-state index in [1.165, 1.54) is 36.5 Å². The summed E-state index contributed by atoms with van der Waals surface area (Å²) in [4.78, 5) is 12.9. The molecule has 0 aliphatic carbocycles. The van der Waals surface area contributed by atoms with Gasteiger partial charge in [-0.1, -0.05) is 64.6 Å². The third-order valence-electron chi connectivity index (χ3n) is 5.99. The van der Waals surface area contributed by atoms with Crippen LogP contribution in [0.4, 0.5) is 5.69 Å². The van der Waals surface area contributed by atoms with Gasteiger partial charge in [-0.15, -0.1) is 0 Å². The van der Waals surface area contributed by atoms with Crippen LogP contribution in [0.25, 0.3) is 0 Å². The Morgan fingerprint density at radius 1 is 0.884 bits per heavy atom. The predicted molar refractivity (Wildman–Crippen MR) is 171 cm³/mol. The predicted octanol–water partition coefficient (Wildman–Crippen LogP) is 7.28. The minimum atomic E-state index is -4.16. The lowest BCUT2D eigenvalue weighted by Crippen LogP contribution is -2.39. The van der Waals surface area contributed by atoms with Gasteiger partial charge in [0.1, 0.15) is 13.2 Å². The minimum absolute atomic E-state index is 0.00613. The zero-order chi connectivity index (χ0) is 31.0. The molecule has 0 atom stereocenters. The summed E-state index contributed by atoms with van der Waals surface area (Å²) in [6, 6.07) is 23.1. The number of carbonyl (C=O) groups excluding carboxylic acids is 1. The van der Waals surface area contributed by atoms with Crippen LogP contribution in [0.2, 0.25) is 15.1 Å². The third kappa shape index (κ3) is 8.87. The molecular formula is C31H28Cl3N3O5S. The van der Waals surface area contributed by atoms with Crippen LogP contribution in [0.1, 0.15) is 23.6 Å². The molecule has 4 aromatic carbocycles. The van der Waals surface area contributed by atoms with E-state index < -0.39 is 22.5 Å². The molecule has 43 heavy (non-hydrogen) atoms. The van der Waals surface area contributed by atoms with Gasteiger partial charge >= 0.3 is 0 Å². The molecule has 0 radical (unpaired) electrons. The Bertz CT molecular complexity index is 1710. The van der Waals surface area contributed by atoms with Crippen molar-refractivity contribution in [2.45, 2.75) is 25.3 Å². The Balaban J connectivity index is 1.49. The van der Waals surface area contributed by atoms with E-state index in [4.69, 9.17) is 44.3 Å². The second-order valence-corrected chi connectivity index (χ2v) is 12.5. The molecule has 0 unspecified atom stereocenters. The number of sulfonamides is 1. The van der Waals surface area contributed by atoms with Crippen molar-refractivity contribution < 1.29 is 22.7 Å². The average molecular weight is 661 g/mol. The highest BCUT2D eigenvalue weighted by Gasteiger charge is 2.28. The van der Waals surface area contributed by atoms with Crippen LogP contribution in [0.15, 0.2) is 94.9 Å². The van der Waals surface area contributed by atoms with E-state index in [1.54, 1.807) is 36.4 Å². The fourth-order valence-electron chi connectivity index (χ4n) is 3.96. The first-order chi connectivity index (χ1) is 20.5. The molecule has 1 N–H and O–H groups in total. The molecule has 0 heterocycles. The van der Waals surface area contributed by atoms with E-state index in [9.17, 15) is 13.2 Å². The second-order valence-electron chi connectivity index (χ2n) is 9.30. The van der Waals surface area contributed by atoms with Gasteiger partial charge < -0.3 is 9.47 Å². The summed E-state index contributed by atoms with van der Waals surface area (Å²) in [6.45, 7) is 3.82. The number of halogens is 3. The average Bonchev–Trinajstić information content (AvgIpc) is 2.95. The molecule has 0 saturated heterocycles. The lowest BCUT2D eigenvalue weighted by atomic mass is 10.2. The second kappa shape index (κ2) is 14.6. The number of rotatable bonds is 12. The van der Waals surface area contributed by atoms with Crippen LogP contribution in [-0.4, -0.2) is 33.7 Å². The summed E-state index contributed by atoms with van der Waals surface area (Å²) in [5.74, 6) is 0.336. The highest BCUT2D eigenvalue weighted by atomic mass is 35.5. The molecular weight excluding hydrogens is 633 g/mol. The monoisotopic (exact) mass is 659 g/mol. The molecule has 4 rings (SSSR count). The van der Waals surface area contributed by atoms with Crippen molar-refractivity contribution >= 4 is 62.6 Å². The van der Waals surface area contributed by atoms with Gasteiger partial charge in [-0.3, -0.25) is 9.10 Å². The number of anilines is 1. The molecule has 0 saturated carbocycles. The van der Waals surface area contributed by atoms with Crippen molar-refractivity contribution in [2.24, 2.45) is 5.10 Å². The SMILES string of the molecule is CCOc1cc(/C=N/NC(=O)CN(c2cc(Cl)cc(Cl)c2)S(=O)(=O)c2ccc(C)cc2)ccc1OCc1cccc(Cl)c1. The summed E-state index contributed by atoms with van der Waals surface area (Å²) >= 11 is 18.4. The van der Waals surface area contributed by atoms with Crippen molar-refractivity contribution in [1.82, 2.24) is 5.43 Å². The van der Waals surface area contributed by atoms with Crippen LogP contribution in [-0.2, 0) is 21.4 Å². The van der Waals surface area contributed by atoms with Crippen LogP contribution < -0.4 is 19.2 Å². The number of carbonyl (C=O) groups is 1. The van der Waals surface area contributed by atoms with Gasteiger partial charge in [-0.2, -0.15) is 5.10 Å². The number of nitrogens with zero attached hydrogens (tertiary/aromatic N) is 2. The summed E-state index contributed by atoms with van der Waals surface area (Å²) in [7, 11) is -4.16. The molecule has 1 amide bonds. The molecule has 8 nitrogen and oxygen atoms in total. The Morgan fingerprint density at radius 2 is 1.60 bits per heavy atom. The number of nitrogens with one attached hydrogen (secondary N) is 1. The van der Waals surface area contributed by atoms with E-state index in [-0.39, 0.29) is 20.6 Å². The highest BCUT2D eigenvalue weighted by molar-refractivity contribution is 7.92. The maximum Gasteiger partial charge on any atom is 0.264 e. The van der Waals surface area contributed by atoms with E-state index >= 15 is 0 Å². The number of hydrazone groups is 1. The molecule has 0 aliphatic rings. The van der Waals surface area contributed by atoms with Crippen molar-refractivity contribution in [3.63, 3.8) is 0 Å². The molecule has 12 heteroatoms. The van der Waals surface area contributed by atoms with Gasteiger partial charge in [0.05, 0.1) is 23.4 Å². The van der Waals surface area contributed by atoms with E-state index in [1.807, 2.05) is 32.0 Å². The number of ether oxygens (including phenoxy) is 2. The smallest absolute Gasteiger partial charge is 0.264 e. The number of hydrogen-bond donors (Lipinski definition) is 1. The Labute approximate surface area is 265 Å². The highest BCUT2D eigenvalue weighted by Crippen LogP contribution is 2.31. The zero-order valence-electron chi connectivity index (χ0n) is 23.3. The van der Waals surface area contributed by atoms with Crippen LogP contribution in [0, 0.1) is 6.92 Å². The molecule has 224 valence electrons. The van der Waals surface area contributed by atoms with Crippen molar-refractivity contribution in [2.75, 3.05) is 17.5 Å². The fourth-order valence-corrected chi connectivity index (χ4v) is 6.09.